The third-order valence-electron chi connectivity index (χ3n) is 3.17. The normalized spacial score (nSPS) is 11.4. The van der Waals surface area contributed by atoms with Crippen molar-refractivity contribution in [3.05, 3.63) is 35.9 Å². The Kier molecular flexibility index (Phi) is 4.50. The minimum Gasteiger partial charge on any atom is -0.544 e. The molecule has 0 saturated heterocycles. The van der Waals surface area contributed by atoms with Gasteiger partial charge in [0.25, 0.3) is 0 Å². The van der Waals surface area contributed by atoms with Crippen LogP contribution in [0.1, 0.15) is 19.4 Å². The molecule has 0 aromatic heterocycles. The molecule has 0 aliphatic heterocycles. The summed E-state index contributed by atoms with van der Waals surface area (Å²) in [7, 11) is 0. The van der Waals surface area contributed by atoms with E-state index in [-0.39, 0.29) is 6.54 Å². The molecule has 0 aliphatic rings. The number of hydrogen-bond acceptors (Lipinski definition) is 2. The third kappa shape index (κ3) is 3.35. The van der Waals surface area contributed by atoms with Crippen molar-refractivity contribution >= 4 is 5.97 Å². The summed E-state index contributed by atoms with van der Waals surface area (Å²) in [6.45, 7) is 6.49. The standard InChI is InChI=1S/C13H19NO2/c1-3-14(4-2,11-13(15)16)10-12-8-6-5-7-9-12/h5-9H,3-4,10-11H2,1-2H3. The zero-order chi connectivity index (χ0) is 12.0. The lowest BCUT2D eigenvalue weighted by atomic mass is 10.1. The average molecular weight is 221 g/mol. The number of likely N-dealkylation sites (N-methyl/N-ethyl adjacent to an activating group) is 1. The summed E-state index contributed by atoms with van der Waals surface area (Å²) < 4.78 is 0.548. The van der Waals surface area contributed by atoms with E-state index in [1.165, 1.54) is 5.56 Å². The van der Waals surface area contributed by atoms with Crippen LogP contribution in [0.15, 0.2) is 30.3 Å². The highest BCUT2D eigenvalue weighted by atomic mass is 16.4. The number of quaternary nitrogens is 1. The predicted molar refractivity (Wildman–Crippen MR) is 61.4 cm³/mol. The molecular formula is C13H19NO2. The third-order valence-corrected chi connectivity index (χ3v) is 3.17. The molecule has 3 nitrogen and oxygen atoms in total. The van der Waals surface area contributed by atoms with Gasteiger partial charge < -0.3 is 14.4 Å². The van der Waals surface area contributed by atoms with Gasteiger partial charge >= 0.3 is 0 Å². The first-order valence-electron chi connectivity index (χ1n) is 5.71. The Morgan fingerprint density at radius 2 is 1.75 bits per heavy atom. The second-order valence-corrected chi connectivity index (χ2v) is 4.15. The molecule has 0 fully saturated rings. The maximum absolute atomic E-state index is 10.8. The molecule has 0 spiro atoms. The molecule has 1 aromatic carbocycles. The molecule has 0 saturated carbocycles. The van der Waals surface area contributed by atoms with Crippen LogP contribution in [-0.4, -0.2) is 30.1 Å². The minimum atomic E-state index is -0.973. The quantitative estimate of drug-likeness (QED) is 0.666. The second kappa shape index (κ2) is 5.66. The van der Waals surface area contributed by atoms with Gasteiger partial charge in [0, 0.05) is 5.56 Å². The van der Waals surface area contributed by atoms with Crippen molar-refractivity contribution in [3.8, 4) is 0 Å². The summed E-state index contributed by atoms with van der Waals surface area (Å²) in [6.07, 6.45) is 0. The van der Waals surface area contributed by atoms with E-state index in [1.54, 1.807) is 0 Å². The van der Waals surface area contributed by atoms with Crippen LogP contribution in [0.5, 0.6) is 0 Å². The van der Waals surface area contributed by atoms with Crippen LogP contribution in [-0.2, 0) is 11.3 Å². The van der Waals surface area contributed by atoms with E-state index in [1.807, 2.05) is 44.2 Å². The Hall–Kier alpha value is -1.35. The monoisotopic (exact) mass is 221 g/mol. The number of rotatable bonds is 6. The van der Waals surface area contributed by atoms with E-state index >= 15 is 0 Å². The molecule has 0 unspecified atom stereocenters. The zero-order valence-corrected chi connectivity index (χ0v) is 9.98. The fourth-order valence-corrected chi connectivity index (χ4v) is 1.97. The lowest BCUT2D eigenvalue weighted by molar-refractivity contribution is -0.932. The van der Waals surface area contributed by atoms with Crippen molar-refractivity contribution in [1.82, 2.24) is 0 Å². The van der Waals surface area contributed by atoms with Crippen LogP contribution in [0.25, 0.3) is 0 Å². The first-order valence-corrected chi connectivity index (χ1v) is 5.71. The van der Waals surface area contributed by atoms with Crippen LogP contribution < -0.4 is 5.11 Å². The fraction of sp³-hybridized carbons (Fsp3) is 0.462. The Morgan fingerprint density at radius 1 is 1.19 bits per heavy atom. The van der Waals surface area contributed by atoms with Crippen LogP contribution in [0.3, 0.4) is 0 Å². The van der Waals surface area contributed by atoms with Crippen LogP contribution in [0, 0.1) is 0 Å². The van der Waals surface area contributed by atoms with Gasteiger partial charge in [-0.3, -0.25) is 0 Å². The summed E-state index contributed by atoms with van der Waals surface area (Å²) in [5, 5.41) is 10.8. The summed E-state index contributed by atoms with van der Waals surface area (Å²) in [6, 6.07) is 10.00. The molecule has 0 N–H and O–H groups in total. The van der Waals surface area contributed by atoms with Gasteiger partial charge in [0.05, 0.1) is 19.1 Å². The van der Waals surface area contributed by atoms with E-state index in [0.717, 1.165) is 19.6 Å². The smallest absolute Gasteiger partial charge is 0.119 e. The predicted octanol–water partition coefficient (Wildman–Crippen LogP) is 0.793. The summed E-state index contributed by atoms with van der Waals surface area (Å²) >= 11 is 0. The van der Waals surface area contributed by atoms with Crippen molar-refractivity contribution in [3.63, 3.8) is 0 Å². The molecule has 0 bridgehead atoms. The summed E-state index contributed by atoms with van der Waals surface area (Å²) in [5.41, 5.74) is 1.17. The van der Waals surface area contributed by atoms with Crippen LogP contribution in [0.2, 0.25) is 0 Å². The molecular weight excluding hydrogens is 202 g/mol. The van der Waals surface area contributed by atoms with E-state index < -0.39 is 5.97 Å². The molecule has 3 heteroatoms. The van der Waals surface area contributed by atoms with Crippen molar-refractivity contribution in [2.45, 2.75) is 20.4 Å². The summed E-state index contributed by atoms with van der Waals surface area (Å²) in [4.78, 5) is 10.8. The molecule has 1 rings (SSSR count). The van der Waals surface area contributed by atoms with Gasteiger partial charge in [0.15, 0.2) is 0 Å². The number of carboxylic acids is 1. The van der Waals surface area contributed by atoms with Gasteiger partial charge in [-0.2, -0.15) is 0 Å². The van der Waals surface area contributed by atoms with Gasteiger partial charge in [-0.25, -0.2) is 0 Å². The largest absolute Gasteiger partial charge is 0.544 e. The van der Waals surface area contributed by atoms with Gasteiger partial charge in [0.1, 0.15) is 13.1 Å². The average Bonchev–Trinajstić information content (AvgIpc) is 2.29. The zero-order valence-electron chi connectivity index (χ0n) is 9.98. The van der Waals surface area contributed by atoms with E-state index in [4.69, 9.17) is 0 Å². The van der Waals surface area contributed by atoms with Crippen molar-refractivity contribution in [2.24, 2.45) is 0 Å². The molecule has 1 aromatic rings. The highest BCUT2D eigenvalue weighted by Crippen LogP contribution is 2.13. The van der Waals surface area contributed by atoms with Crippen molar-refractivity contribution in [1.29, 1.82) is 0 Å². The van der Waals surface area contributed by atoms with Crippen molar-refractivity contribution < 1.29 is 14.4 Å². The number of carboxylic acid groups (broad SMARTS) is 1. The Labute approximate surface area is 96.9 Å². The second-order valence-electron chi connectivity index (χ2n) is 4.15. The molecule has 0 amide bonds. The SMILES string of the molecule is CC[N+](CC)(CC(=O)[O-])Cc1ccccc1. The number of nitrogens with zero attached hydrogens (tertiary/aromatic N) is 1. The Bertz CT molecular complexity index is 331. The molecule has 0 radical (unpaired) electrons. The lowest BCUT2D eigenvalue weighted by Gasteiger charge is -2.37. The van der Waals surface area contributed by atoms with Gasteiger partial charge in [0.2, 0.25) is 0 Å². The molecule has 88 valence electrons. The van der Waals surface area contributed by atoms with E-state index in [9.17, 15) is 9.90 Å². The number of hydrogen-bond donors (Lipinski definition) is 0. The maximum atomic E-state index is 10.8. The van der Waals surface area contributed by atoms with E-state index in [0.29, 0.717) is 4.48 Å². The van der Waals surface area contributed by atoms with Crippen LogP contribution in [0.4, 0.5) is 0 Å². The Morgan fingerprint density at radius 3 is 2.19 bits per heavy atom. The summed E-state index contributed by atoms with van der Waals surface area (Å²) in [5.74, 6) is -0.973. The highest BCUT2D eigenvalue weighted by Gasteiger charge is 2.23. The number of aliphatic carboxylic acids is 1. The van der Waals surface area contributed by atoms with Crippen LogP contribution >= 0.6 is 0 Å². The first-order chi connectivity index (χ1) is 7.62. The molecule has 0 heterocycles. The number of benzene rings is 1. The number of carbonyl (C=O) groups excluding carboxylic acids is 1. The lowest BCUT2D eigenvalue weighted by Crippen LogP contribution is -2.53. The highest BCUT2D eigenvalue weighted by molar-refractivity contribution is 5.65. The van der Waals surface area contributed by atoms with E-state index in [2.05, 4.69) is 0 Å². The topological polar surface area (TPSA) is 40.1 Å². The molecule has 16 heavy (non-hydrogen) atoms. The number of carbonyl (C=O) groups is 1. The Balaban J connectivity index is 2.82. The van der Waals surface area contributed by atoms with Crippen molar-refractivity contribution in [2.75, 3.05) is 19.6 Å². The van der Waals surface area contributed by atoms with Gasteiger partial charge in [-0.15, -0.1) is 0 Å². The minimum absolute atomic E-state index is 0.0852. The first kappa shape index (κ1) is 12.7. The maximum Gasteiger partial charge on any atom is 0.119 e. The fourth-order valence-electron chi connectivity index (χ4n) is 1.97. The molecule has 0 aliphatic carbocycles. The molecule has 0 atom stereocenters. The van der Waals surface area contributed by atoms with Gasteiger partial charge in [-0.05, 0) is 13.8 Å². The van der Waals surface area contributed by atoms with Gasteiger partial charge in [-0.1, -0.05) is 30.3 Å².